The zero-order valence-corrected chi connectivity index (χ0v) is 12.7. The Balaban J connectivity index is 2.34. The van der Waals surface area contributed by atoms with E-state index < -0.39 is 0 Å². The summed E-state index contributed by atoms with van der Waals surface area (Å²) in [6, 6.07) is 0.0153. The first kappa shape index (κ1) is 14.4. The Labute approximate surface area is 122 Å². The average Bonchev–Trinajstić information content (AvgIpc) is 3.03. The van der Waals surface area contributed by atoms with Crippen LogP contribution in [0.2, 0.25) is 5.02 Å². The van der Waals surface area contributed by atoms with Gasteiger partial charge >= 0.3 is 0 Å². The standard InChI is InChI=1S/C12H18ClN5S/c1-3-5-14-11(10-8-15-17-19-10)12-9(13)7-16-18(12)6-4-2/h7-8,11,14H,3-6H2,1-2H3. The van der Waals surface area contributed by atoms with Crippen LogP contribution in [-0.4, -0.2) is 25.9 Å². The number of halogens is 1. The zero-order valence-electron chi connectivity index (χ0n) is 11.1. The molecule has 5 nitrogen and oxygen atoms in total. The van der Waals surface area contributed by atoms with Crippen LogP contribution in [0.4, 0.5) is 0 Å². The van der Waals surface area contributed by atoms with Crippen LogP contribution in [0.3, 0.4) is 0 Å². The fourth-order valence-corrected chi connectivity index (χ4v) is 2.81. The first-order valence-electron chi connectivity index (χ1n) is 6.49. The summed E-state index contributed by atoms with van der Waals surface area (Å²) in [5, 5.41) is 12.5. The Bertz CT molecular complexity index is 496. The number of aryl methyl sites for hydroxylation is 1. The van der Waals surface area contributed by atoms with Gasteiger partial charge in [0.25, 0.3) is 0 Å². The van der Waals surface area contributed by atoms with Gasteiger partial charge in [-0.3, -0.25) is 4.68 Å². The highest BCUT2D eigenvalue weighted by Gasteiger charge is 2.23. The number of aromatic nitrogens is 4. The van der Waals surface area contributed by atoms with Crippen LogP contribution >= 0.6 is 23.1 Å². The van der Waals surface area contributed by atoms with E-state index in [1.54, 1.807) is 12.4 Å². The van der Waals surface area contributed by atoms with E-state index in [-0.39, 0.29) is 6.04 Å². The van der Waals surface area contributed by atoms with Crippen molar-refractivity contribution in [2.45, 2.75) is 39.3 Å². The van der Waals surface area contributed by atoms with Gasteiger partial charge in [-0.25, -0.2) is 0 Å². The third kappa shape index (κ3) is 3.32. The number of hydrogen-bond acceptors (Lipinski definition) is 5. The fraction of sp³-hybridized carbons (Fsp3) is 0.583. The lowest BCUT2D eigenvalue weighted by Gasteiger charge is -2.18. The molecule has 0 bridgehead atoms. The van der Waals surface area contributed by atoms with Crippen molar-refractivity contribution in [1.29, 1.82) is 0 Å². The molecule has 0 radical (unpaired) electrons. The summed E-state index contributed by atoms with van der Waals surface area (Å²) in [5.74, 6) is 0. The summed E-state index contributed by atoms with van der Waals surface area (Å²) in [6.07, 6.45) is 5.58. The van der Waals surface area contributed by atoms with Gasteiger partial charge in [-0.1, -0.05) is 29.9 Å². The summed E-state index contributed by atoms with van der Waals surface area (Å²) in [5.41, 5.74) is 1.00. The van der Waals surface area contributed by atoms with Gasteiger partial charge in [0.05, 0.1) is 34.0 Å². The summed E-state index contributed by atoms with van der Waals surface area (Å²) in [7, 11) is 0. The monoisotopic (exact) mass is 299 g/mol. The van der Waals surface area contributed by atoms with E-state index in [0.717, 1.165) is 36.5 Å². The van der Waals surface area contributed by atoms with Crippen LogP contribution in [0.1, 0.15) is 43.3 Å². The SMILES string of the molecule is CCCNC(c1cnns1)c1c(Cl)cnn1CCC. The van der Waals surface area contributed by atoms with Gasteiger partial charge < -0.3 is 5.32 Å². The zero-order chi connectivity index (χ0) is 13.7. The Morgan fingerprint density at radius 3 is 2.84 bits per heavy atom. The molecule has 0 amide bonds. The van der Waals surface area contributed by atoms with Gasteiger partial charge in [0.2, 0.25) is 0 Å². The smallest absolute Gasteiger partial charge is 0.0889 e. The molecule has 0 saturated carbocycles. The third-order valence-electron chi connectivity index (χ3n) is 2.80. The van der Waals surface area contributed by atoms with Crippen LogP contribution in [0.15, 0.2) is 12.4 Å². The van der Waals surface area contributed by atoms with Crippen LogP contribution in [0.5, 0.6) is 0 Å². The highest BCUT2D eigenvalue weighted by Crippen LogP contribution is 2.29. The predicted molar refractivity (Wildman–Crippen MR) is 77.6 cm³/mol. The molecular weight excluding hydrogens is 282 g/mol. The van der Waals surface area contributed by atoms with E-state index >= 15 is 0 Å². The summed E-state index contributed by atoms with van der Waals surface area (Å²) < 4.78 is 5.91. The number of nitrogens with zero attached hydrogens (tertiary/aromatic N) is 4. The number of hydrogen-bond donors (Lipinski definition) is 1. The molecule has 0 aliphatic carbocycles. The lowest BCUT2D eigenvalue weighted by Crippen LogP contribution is -2.25. The molecule has 0 spiro atoms. The highest BCUT2D eigenvalue weighted by molar-refractivity contribution is 7.05. The van der Waals surface area contributed by atoms with E-state index in [9.17, 15) is 0 Å². The largest absolute Gasteiger partial charge is 0.304 e. The molecule has 7 heteroatoms. The number of rotatable bonds is 7. The van der Waals surface area contributed by atoms with Gasteiger partial charge in [0, 0.05) is 6.54 Å². The minimum atomic E-state index is 0.0153. The normalized spacial score (nSPS) is 12.8. The maximum atomic E-state index is 6.31. The van der Waals surface area contributed by atoms with Gasteiger partial charge in [0.1, 0.15) is 0 Å². The fourth-order valence-electron chi connectivity index (χ4n) is 1.97. The van der Waals surface area contributed by atoms with Crippen LogP contribution in [0.25, 0.3) is 0 Å². The summed E-state index contributed by atoms with van der Waals surface area (Å²) in [6.45, 7) is 6.04. The van der Waals surface area contributed by atoms with E-state index in [1.165, 1.54) is 11.5 Å². The molecule has 1 unspecified atom stereocenters. The average molecular weight is 300 g/mol. The Kier molecular flexibility index (Phi) is 5.30. The molecule has 0 fully saturated rings. The lowest BCUT2D eigenvalue weighted by atomic mass is 10.1. The van der Waals surface area contributed by atoms with Gasteiger partial charge in [0.15, 0.2) is 0 Å². The maximum absolute atomic E-state index is 6.31. The molecule has 1 N–H and O–H groups in total. The van der Waals surface area contributed by atoms with Crippen LogP contribution in [0, 0.1) is 0 Å². The van der Waals surface area contributed by atoms with E-state index in [4.69, 9.17) is 11.6 Å². The second-order valence-electron chi connectivity index (χ2n) is 4.31. The second-order valence-corrected chi connectivity index (χ2v) is 5.53. The number of nitrogens with one attached hydrogen (secondary N) is 1. The Hall–Kier alpha value is -0.980. The van der Waals surface area contributed by atoms with Crippen molar-refractivity contribution in [1.82, 2.24) is 24.7 Å². The molecule has 2 rings (SSSR count). The molecule has 2 heterocycles. The van der Waals surface area contributed by atoms with Crippen molar-refractivity contribution in [3.63, 3.8) is 0 Å². The molecule has 0 aromatic carbocycles. The van der Waals surface area contributed by atoms with E-state index in [1.807, 2.05) is 4.68 Å². The van der Waals surface area contributed by atoms with E-state index in [0.29, 0.717) is 5.02 Å². The minimum Gasteiger partial charge on any atom is -0.304 e. The molecule has 2 aromatic rings. The third-order valence-corrected chi connectivity index (χ3v) is 3.82. The van der Waals surface area contributed by atoms with E-state index in [2.05, 4.69) is 33.8 Å². The van der Waals surface area contributed by atoms with Crippen molar-refractivity contribution in [3.05, 3.63) is 28.0 Å². The molecule has 104 valence electrons. The maximum Gasteiger partial charge on any atom is 0.0889 e. The molecule has 0 aliphatic heterocycles. The Morgan fingerprint density at radius 1 is 1.37 bits per heavy atom. The molecule has 1 atom stereocenters. The van der Waals surface area contributed by atoms with Crippen LogP contribution < -0.4 is 5.32 Å². The van der Waals surface area contributed by atoms with Crippen molar-refractivity contribution in [2.24, 2.45) is 0 Å². The minimum absolute atomic E-state index is 0.0153. The molecule has 0 aliphatic rings. The first-order chi connectivity index (χ1) is 9.27. The predicted octanol–water partition coefficient (Wildman–Crippen LogP) is 2.89. The second kappa shape index (κ2) is 6.98. The summed E-state index contributed by atoms with van der Waals surface area (Å²) >= 11 is 7.70. The lowest BCUT2D eigenvalue weighted by molar-refractivity contribution is 0.515. The van der Waals surface area contributed by atoms with Crippen molar-refractivity contribution in [3.8, 4) is 0 Å². The van der Waals surface area contributed by atoms with Crippen molar-refractivity contribution < 1.29 is 0 Å². The molecule has 0 saturated heterocycles. The van der Waals surface area contributed by atoms with Gasteiger partial charge in [-0.05, 0) is 30.9 Å². The van der Waals surface area contributed by atoms with Crippen LogP contribution in [-0.2, 0) is 6.54 Å². The molecular formula is C12H18ClN5S. The highest BCUT2D eigenvalue weighted by atomic mass is 35.5. The van der Waals surface area contributed by atoms with Crippen molar-refractivity contribution in [2.75, 3.05) is 6.54 Å². The van der Waals surface area contributed by atoms with Gasteiger partial charge in [-0.15, -0.1) is 5.10 Å². The molecule has 19 heavy (non-hydrogen) atoms. The topological polar surface area (TPSA) is 55.6 Å². The quantitative estimate of drug-likeness (QED) is 0.854. The summed E-state index contributed by atoms with van der Waals surface area (Å²) in [4.78, 5) is 1.06. The van der Waals surface area contributed by atoms with Gasteiger partial charge in [-0.2, -0.15) is 5.10 Å². The Morgan fingerprint density at radius 2 is 2.21 bits per heavy atom. The van der Waals surface area contributed by atoms with Crippen molar-refractivity contribution >= 4 is 23.1 Å². The molecule has 2 aromatic heterocycles. The first-order valence-corrected chi connectivity index (χ1v) is 7.64.